The Kier molecular flexibility index (Phi) is 5.80. The van der Waals surface area contributed by atoms with Gasteiger partial charge in [0, 0.05) is 17.8 Å². The number of benzene rings is 2. The fraction of sp³-hybridized carbons (Fsp3) is 0.167. The fourth-order valence-electron chi connectivity index (χ4n) is 2.40. The van der Waals surface area contributed by atoms with Gasteiger partial charge in [-0.15, -0.1) is 5.10 Å². The number of nitrogens with zero attached hydrogens (tertiary/aromatic N) is 3. The molecule has 0 unspecified atom stereocenters. The number of nitro benzene ring substituents is 1. The molecule has 0 aliphatic heterocycles. The zero-order valence-corrected chi connectivity index (χ0v) is 15.6. The fourth-order valence-corrected chi connectivity index (χ4v) is 2.60. The summed E-state index contributed by atoms with van der Waals surface area (Å²) in [6.07, 6.45) is 0. The van der Waals surface area contributed by atoms with Crippen molar-refractivity contribution in [1.82, 2.24) is 9.78 Å². The van der Waals surface area contributed by atoms with Crippen LogP contribution in [0.1, 0.15) is 11.5 Å². The average Bonchev–Trinajstić information content (AvgIpc) is 3.01. The molecule has 9 nitrogen and oxygen atoms in total. The molecule has 0 spiro atoms. The highest BCUT2D eigenvalue weighted by molar-refractivity contribution is 7.71. The number of hydrogen-bond acceptors (Lipinski definition) is 7. The summed E-state index contributed by atoms with van der Waals surface area (Å²) in [6, 6.07) is 13.3. The second kappa shape index (κ2) is 8.44. The van der Waals surface area contributed by atoms with E-state index >= 15 is 0 Å². The molecule has 28 heavy (non-hydrogen) atoms. The van der Waals surface area contributed by atoms with Gasteiger partial charge < -0.3 is 14.5 Å². The molecule has 0 saturated heterocycles. The summed E-state index contributed by atoms with van der Waals surface area (Å²) in [5.74, 6) is 0.509. The topological polar surface area (TPSA) is 112 Å². The largest absolute Gasteiger partial charge is 0.484 e. The summed E-state index contributed by atoms with van der Waals surface area (Å²) >= 11 is 5.08. The first-order valence-corrected chi connectivity index (χ1v) is 8.63. The highest BCUT2D eigenvalue weighted by Gasteiger charge is 2.13. The van der Waals surface area contributed by atoms with Crippen molar-refractivity contribution in [3.8, 4) is 5.75 Å². The standard InChI is InChI=1S/C18H16N4O5S/c1-12-9-13(22(24)25)7-8-15(12)19-16(23)10-21-18(28)27-17(20-21)11-26-14-5-3-2-4-6-14/h2-9H,10-11H2,1H3,(H,19,23). The lowest BCUT2D eigenvalue weighted by Crippen LogP contribution is -2.20. The number of non-ortho nitro benzene ring substituents is 1. The van der Waals surface area contributed by atoms with Gasteiger partial charge in [-0.2, -0.15) is 0 Å². The zero-order chi connectivity index (χ0) is 20.1. The Bertz CT molecular complexity index is 1060. The average molecular weight is 400 g/mol. The molecule has 1 N–H and O–H groups in total. The first kappa shape index (κ1) is 19.2. The van der Waals surface area contributed by atoms with Crippen molar-refractivity contribution in [3.05, 3.63) is 74.9 Å². The second-order valence-electron chi connectivity index (χ2n) is 5.83. The molecule has 0 fully saturated rings. The monoisotopic (exact) mass is 400 g/mol. The molecule has 1 aromatic heterocycles. The maximum Gasteiger partial charge on any atom is 0.287 e. The van der Waals surface area contributed by atoms with Gasteiger partial charge in [-0.1, -0.05) is 18.2 Å². The van der Waals surface area contributed by atoms with E-state index in [1.807, 2.05) is 18.2 Å². The Balaban J connectivity index is 1.62. The molecule has 1 heterocycles. The number of nitrogens with one attached hydrogen (secondary N) is 1. The van der Waals surface area contributed by atoms with Gasteiger partial charge in [0.25, 0.3) is 16.4 Å². The molecule has 0 aliphatic rings. The number of anilines is 1. The van der Waals surface area contributed by atoms with Crippen LogP contribution in [0.5, 0.6) is 5.75 Å². The van der Waals surface area contributed by atoms with Crippen molar-refractivity contribution >= 4 is 29.5 Å². The molecule has 10 heteroatoms. The summed E-state index contributed by atoms with van der Waals surface area (Å²) in [7, 11) is 0. The molecule has 3 aromatic rings. The van der Waals surface area contributed by atoms with Crippen LogP contribution in [0, 0.1) is 21.9 Å². The summed E-state index contributed by atoms with van der Waals surface area (Å²) in [5, 5.41) is 17.6. The van der Waals surface area contributed by atoms with Crippen LogP contribution in [0.15, 0.2) is 52.9 Å². The van der Waals surface area contributed by atoms with E-state index in [1.54, 1.807) is 19.1 Å². The Hall–Kier alpha value is -3.53. The van der Waals surface area contributed by atoms with E-state index in [0.29, 0.717) is 17.0 Å². The third-order valence-corrected chi connectivity index (χ3v) is 4.04. The molecule has 0 bridgehead atoms. The minimum Gasteiger partial charge on any atom is -0.484 e. The van der Waals surface area contributed by atoms with Gasteiger partial charge in [0.05, 0.1) is 4.92 Å². The number of amides is 1. The number of hydrogen-bond donors (Lipinski definition) is 1. The van der Waals surface area contributed by atoms with Crippen LogP contribution >= 0.6 is 12.2 Å². The van der Waals surface area contributed by atoms with E-state index in [4.69, 9.17) is 21.4 Å². The number of carbonyl (C=O) groups is 1. The first-order valence-electron chi connectivity index (χ1n) is 8.22. The third kappa shape index (κ3) is 4.80. The highest BCUT2D eigenvalue weighted by Crippen LogP contribution is 2.21. The lowest BCUT2D eigenvalue weighted by Gasteiger charge is -2.07. The van der Waals surface area contributed by atoms with Gasteiger partial charge in [-0.3, -0.25) is 14.9 Å². The number of aromatic nitrogens is 2. The summed E-state index contributed by atoms with van der Waals surface area (Å²) in [4.78, 5) is 22.6. The van der Waals surface area contributed by atoms with Gasteiger partial charge in [0.1, 0.15) is 12.3 Å². The Labute approximate surface area is 164 Å². The minimum absolute atomic E-state index is 0.0437. The number of ether oxygens (including phenoxy) is 1. The smallest absolute Gasteiger partial charge is 0.287 e. The Morgan fingerprint density at radius 2 is 2.07 bits per heavy atom. The molecule has 0 atom stereocenters. The molecule has 0 saturated carbocycles. The first-order chi connectivity index (χ1) is 13.4. The van der Waals surface area contributed by atoms with E-state index in [9.17, 15) is 14.9 Å². The Morgan fingerprint density at radius 1 is 1.32 bits per heavy atom. The van der Waals surface area contributed by atoms with Crippen molar-refractivity contribution in [2.24, 2.45) is 0 Å². The lowest BCUT2D eigenvalue weighted by molar-refractivity contribution is -0.384. The van der Waals surface area contributed by atoms with Crippen molar-refractivity contribution in [2.45, 2.75) is 20.1 Å². The molecular formula is C18H16N4O5S. The normalized spacial score (nSPS) is 10.5. The van der Waals surface area contributed by atoms with Crippen molar-refractivity contribution < 1.29 is 18.9 Å². The predicted molar refractivity (Wildman–Crippen MR) is 103 cm³/mol. The molecule has 144 valence electrons. The van der Waals surface area contributed by atoms with Gasteiger partial charge in [-0.05, 0) is 42.9 Å². The SMILES string of the molecule is Cc1cc([N+](=O)[O-])ccc1NC(=O)Cn1nc(COc2ccccc2)oc1=S. The van der Waals surface area contributed by atoms with E-state index < -0.39 is 10.8 Å². The zero-order valence-electron chi connectivity index (χ0n) is 14.8. The molecular weight excluding hydrogens is 384 g/mol. The number of nitro groups is 1. The minimum atomic E-state index is -0.494. The quantitative estimate of drug-likeness (QED) is 0.366. The maximum atomic E-state index is 12.3. The number of para-hydroxylation sites is 1. The van der Waals surface area contributed by atoms with E-state index in [0.717, 1.165) is 0 Å². The maximum absolute atomic E-state index is 12.3. The van der Waals surface area contributed by atoms with E-state index in [1.165, 1.54) is 22.9 Å². The van der Waals surface area contributed by atoms with Crippen molar-refractivity contribution in [1.29, 1.82) is 0 Å². The van der Waals surface area contributed by atoms with Gasteiger partial charge >= 0.3 is 0 Å². The molecule has 2 aromatic carbocycles. The molecule has 1 amide bonds. The molecule has 0 radical (unpaired) electrons. The van der Waals surface area contributed by atoms with Crippen LogP contribution in [0.25, 0.3) is 0 Å². The van der Waals surface area contributed by atoms with E-state index in [2.05, 4.69) is 10.4 Å². The predicted octanol–water partition coefficient (Wildman–Crippen LogP) is 3.64. The highest BCUT2D eigenvalue weighted by atomic mass is 32.1. The third-order valence-electron chi connectivity index (χ3n) is 3.74. The number of aryl methyl sites for hydroxylation is 1. The van der Waals surface area contributed by atoms with Crippen LogP contribution in [0.3, 0.4) is 0 Å². The summed E-state index contributed by atoms with van der Waals surface area (Å²) in [5.41, 5.74) is 0.999. The van der Waals surface area contributed by atoms with Gasteiger partial charge in [0.2, 0.25) is 5.91 Å². The summed E-state index contributed by atoms with van der Waals surface area (Å²) < 4.78 is 12.1. The Morgan fingerprint density at radius 3 is 2.75 bits per heavy atom. The molecule has 3 rings (SSSR count). The van der Waals surface area contributed by atoms with Crippen molar-refractivity contribution in [3.63, 3.8) is 0 Å². The van der Waals surface area contributed by atoms with Crippen LogP contribution < -0.4 is 10.1 Å². The van der Waals surface area contributed by atoms with Crippen LogP contribution in [0.2, 0.25) is 0 Å². The van der Waals surface area contributed by atoms with Crippen LogP contribution in [0.4, 0.5) is 11.4 Å². The second-order valence-corrected chi connectivity index (χ2v) is 6.17. The van der Waals surface area contributed by atoms with Crippen LogP contribution in [-0.4, -0.2) is 20.6 Å². The number of rotatable bonds is 7. The molecule has 0 aliphatic carbocycles. The van der Waals surface area contributed by atoms with Crippen LogP contribution in [-0.2, 0) is 17.9 Å². The van der Waals surface area contributed by atoms with Crippen molar-refractivity contribution in [2.75, 3.05) is 5.32 Å². The van der Waals surface area contributed by atoms with E-state index in [-0.39, 0.29) is 29.6 Å². The number of carbonyl (C=O) groups excluding carboxylic acids is 1. The lowest BCUT2D eigenvalue weighted by atomic mass is 10.2. The van der Waals surface area contributed by atoms with Gasteiger partial charge in [-0.25, -0.2) is 4.68 Å². The summed E-state index contributed by atoms with van der Waals surface area (Å²) in [6.45, 7) is 1.58. The van der Waals surface area contributed by atoms with Gasteiger partial charge in [0.15, 0.2) is 6.61 Å².